The number of hydrogen-bond donors (Lipinski definition) is 1. The Morgan fingerprint density at radius 3 is 2.44 bits per heavy atom. The fourth-order valence-electron chi connectivity index (χ4n) is 1.61. The number of likely N-dealkylation sites (N-methyl/N-ethyl adjacent to an activating group) is 2. The quantitative estimate of drug-likeness (QED) is 0.734. The molecule has 0 aliphatic heterocycles. The molecule has 0 radical (unpaired) electrons. The molecule has 0 atom stereocenters. The van der Waals surface area contributed by atoms with E-state index in [9.17, 15) is 9.59 Å². The van der Waals surface area contributed by atoms with Crippen LogP contribution in [0.2, 0.25) is 0 Å². The number of amides is 1. The van der Waals surface area contributed by atoms with Gasteiger partial charge in [0.05, 0.1) is 11.4 Å². The Balaban J connectivity index is 2.91. The number of hydrogen-bond acceptors (Lipinski definition) is 4. The van der Waals surface area contributed by atoms with Crippen molar-refractivity contribution in [2.24, 2.45) is 0 Å². The van der Waals surface area contributed by atoms with Crippen LogP contribution in [0.4, 0.5) is 11.4 Å². The summed E-state index contributed by atoms with van der Waals surface area (Å²) >= 11 is 0. The molecule has 0 aromatic heterocycles. The maximum atomic E-state index is 10.7. The van der Waals surface area contributed by atoms with Crippen LogP contribution in [0.15, 0.2) is 18.2 Å². The SMILES string of the molecule is CN(C)CCN(C)c1ccc(C=O)cc1NC=O. The molecule has 5 nitrogen and oxygen atoms in total. The van der Waals surface area contributed by atoms with Gasteiger partial charge in [0.2, 0.25) is 6.41 Å². The maximum absolute atomic E-state index is 10.7. The molecule has 0 heterocycles. The summed E-state index contributed by atoms with van der Waals surface area (Å²) in [5.41, 5.74) is 2.09. The molecule has 1 N–H and O–H groups in total. The number of anilines is 2. The van der Waals surface area contributed by atoms with Crippen molar-refractivity contribution < 1.29 is 9.59 Å². The van der Waals surface area contributed by atoms with Crippen LogP contribution in [0.3, 0.4) is 0 Å². The lowest BCUT2D eigenvalue weighted by atomic mass is 10.1. The molecule has 1 aromatic carbocycles. The second-order valence-corrected chi connectivity index (χ2v) is 4.38. The zero-order valence-electron chi connectivity index (χ0n) is 11.0. The van der Waals surface area contributed by atoms with Crippen molar-refractivity contribution in [3.63, 3.8) is 0 Å². The van der Waals surface area contributed by atoms with E-state index >= 15 is 0 Å². The predicted octanol–water partition coefficient (Wildman–Crippen LogP) is 1.07. The van der Waals surface area contributed by atoms with Crippen molar-refractivity contribution >= 4 is 24.1 Å². The molecule has 0 saturated heterocycles. The first-order valence-corrected chi connectivity index (χ1v) is 5.73. The van der Waals surface area contributed by atoms with E-state index in [-0.39, 0.29) is 0 Å². The molecule has 0 bridgehead atoms. The number of rotatable bonds is 7. The number of carbonyl (C=O) groups is 2. The summed E-state index contributed by atoms with van der Waals surface area (Å²) in [4.78, 5) is 25.4. The minimum absolute atomic E-state index is 0.545. The smallest absolute Gasteiger partial charge is 0.211 e. The molecular weight excluding hydrogens is 230 g/mol. The van der Waals surface area contributed by atoms with E-state index in [1.807, 2.05) is 32.1 Å². The third kappa shape index (κ3) is 3.85. The first-order chi connectivity index (χ1) is 8.58. The summed E-state index contributed by atoms with van der Waals surface area (Å²) in [6.07, 6.45) is 1.38. The largest absolute Gasteiger partial charge is 0.372 e. The Hall–Kier alpha value is -1.88. The minimum atomic E-state index is 0.545. The van der Waals surface area contributed by atoms with Crippen molar-refractivity contribution in [2.45, 2.75) is 0 Å². The summed E-state index contributed by atoms with van der Waals surface area (Å²) in [7, 11) is 5.97. The van der Waals surface area contributed by atoms with E-state index in [4.69, 9.17) is 0 Å². The molecule has 98 valence electrons. The Bertz CT molecular complexity index is 419. The second kappa shape index (κ2) is 6.76. The van der Waals surface area contributed by atoms with Crippen molar-refractivity contribution in [3.8, 4) is 0 Å². The zero-order chi connectivity index (χ0) is 13.5. The van der Waals surface area contributed by atoms with E-state index in [1.54, 1.807) is 12.1 Å². The first-order valence-electron chi connectivity index (χ1n) is 5.73. The molecule has 18 heavy (non-hydrogen) atoms. The third-order valence-electron chi connectivity index (χ3n) is 2.66. The molecule has 1 amide bonds. The number of benzene rings is 1. The predicted molar refractivity (Wildman–Crippen MR) is 73.3 cm³/mol. The van der Waals surface area contributed by atoms with Crippen molar-refractivity contribution in [1.82, 2.24) is 4.90 Å². The topological polar surface area (TPSA) is 52.6 Å². The van der Waals surface area contributed by atoms with Gasteiger partial charge in [0.25, 0.3) is 0 Å². The molecule has 0 fully saturated rings. The summed E-state index contributed by atoms with van der Waals surface area (Å²) < 4.78 is 0. The molecule has 1 aromatic rings. The Labute approximate surface area is 107 Å². The Morgan fingerprint density at radius 1 is 1.17 bits per heavy atom. The van der Waals surface area contributed by atoms with Gasteiger partial charge in [-0.2, -0.15) is 0 Å². The van der Waals surface area contributed by atoms with Crippen LogP contribution >= 0.6 is 0 Å². The average Bonchev–Trinajstić information content (AvgIpc) is 2.36. The van der Waals surface area contributed by atoms with Crippen LogP contribution in [-0.2, 0) is 4.79 Å². The highest BCUT2D eigenvalue weighted by Crippen LogP contribution is 2.25. The average molecular weight is 249 g/mol. The van der Waals surface area contributed by atoms with Crippen LogP contribution in [0.1, 0.15) is 10.4 Å². The third-order valence-corrected chi connectivity index (χ3v) is 2.66. The Morgan fingerprint density at radius 2 is 1.89 bits per heavy atom. The standard InChI is InChI=1S/C13H19N3O2/c1-15(2)6-7-16(3)13-5-4-11(9-17)8-12(13)14-10-18/h4-5,8-10H,6-7H2,1-3H3,(H,14,18). The van der Waals surface area contributed by atoms with Gasteiger partial charge >= 0.3 is 0 Å². The monoisotopic (exact) mass is 249 g/mol. The van der Waals surface area contributed by atoms with Crippen LogP contribution in [0.25, 0.3) is 0 Å². The highest BCUT2D eigenvalue weighted by Gasteiger charge is 2.08. The lowest BCUT2D eigenvalue weighted by molar-refractivity contribution is -0.105. The van der Waals surface area contributed by atoms with E-state index in [2.05, 4.69) is 10.2 Å². The molecule has 0 saturated carbocycles. The summed E-state index contributed by atoms with van der Waals surface area (Å²) in [6, 6.07) is 5.25. The van der Waals surface area contributed by atoms with Gasteiger partial charge in [-0.3, -0.25) is 9.59 Å². The van der Waals surface area contributed by atoms with Crippen molar-refractivity contribution in [1.29, 1.82) is 0 Å². The molecule has 0 spiro atoms. The van der Waals surface area contributed by atoms with Gasteiger partial charge in [-0.05, 0) is 32.3 Å². The number of aldehydes is 1. The fourth-order valence-corrected chi connectivity index (χ4v) is 1.61. The summed E-state index contributed by atoms with van der Waals surface area (Å²) in [5, 5.41) is 2.62. The van der Waals surface area contributed by atoms with Crippen LogP contribution in [0, 0.1) is 0 Å². The van der Waals surface area contributed by atoms with Crippen molar-refractivity contribution in [2.75, 3.05) is 44.4 Å². The highest BCUT2D eigenvalue weighted by atomic mass is 16.1. The summed E-state index contributed by atoms with van der Waals surface area (Å²) in [5.74, 6) is 0. The lowest BCUT2D eigenvalue weighted by Crippen LogP contribution is -2.29. The first kappa shape index (κ1) is 14.2. The highest BCUT2D eigenvalue weighted by molar-refractivity contribution is 5.86. The lowest BCUT2D eigenvalue weighted by Gasteiger charge is -2.24. The zero-order valence-corrected chi connectivity index (χ0v) is 11.0. The van der Waals surface area contributed by atoms with Gasteiger partial charge in [-0.25, -0.2) is 0 Å². The van der Waals surface area contributed by atoms with Crippen LogP contribution < -0.4 is 10.2 Å². The van der Waals surface area contributed by atoms with E-state index in [1.165, 1.54) is 0 Å². The molecule has 0 aliphatic carbocycles. The van der Waals surface area contributed by atoms with Gasteiger partial charge in [-0.15, -0.1) is 0 Å². The van der Waals surface area contributed by atoms with E-state index in [0.29, 0.717) is 17.7 Å². The number of nitrogens with zero attached hydrogens (tertiary/aromatic N) is 2. The van der Waals surface area contributed by atoms with Crippen LogP contribution in [-0.4, -0.2) is 51.8 Å². The van der Waals surface area contributed by atoms with Crippen LogP contribution in [0.5, 0.6) is 0 Å². The fraction of sp³-hybridized carbons (Fsp3) is 0.385. The number of carbonyl (C=O) groups excluding carboxylic acids is 2. The second-order valence-electron chi connectivity index (χ2n) is 4.38. The van der Waals surface area contributed by atoms with Gasteiger partial charge in [0.15, 0.2) is 0 Å². The summed E-state index contributed by atoms with van der Waals surface area (Å²) in [6.45, 7) is 1.74. The normalized spacial score (nSPS) is 10.2. The molecule has 5 heteroatoms. The maximum Gasteiger partial charge on any atom is 0.211 e. The number of nitrogens with one attached hydrogen (secondary N) is 1. The Kier molecular flexibility index (Phi) is 5.32. The van der Waals surface area contributed by atoms with Crippen molar-refractivity contribution in [3.05, 3.63) is 23.8 Å². The van der Waals surface area contributed by atoms with E-state index in [0.717, 1.165) is 25.1 Å². The molecule has 1 rings (SSSR count). The molecular formula is C13H19N3O2. The van der Waals surface area contributed by atoms with Gasteiger partial charge in [-0.1, -0.05) is 0 Å². The molecule has 0 unspecified atom stereocenters. The van der Waals surface area contributed by atoms with E-state index < -0.39 is 0 Å². The van der Waals surface area contributed by atoms with Gasteiger partial charge < -0.3 is 15.1 Å². The van der Waals surface area contributed by atoms with Gasteiger partial charge in [0, 0.05) is 25.7 Å². The molecule has 0 aliphatic rings. The minimum Gasteiger partial charge on any atom is -0.372 e. The van der Waals surface area contributed by atoms with Gasteiger partial charge in [0.1, 0.15) is 6.29 Å².